The Bertz CT molecular complexity index is 1200. The summed E-state index contributed by atoms with van der Waals surface area (Å²) in [6.45, 7) is 14.2. The Balaban J connectivity index is 1.79. The molecular weight excluding hydrogens is 436 g/mol. The van der Waals surface area contributed by atoms with Gasteiger partial charge in [-0.2, -0.15) is 0 Å². The number of nitrogens with zero attached hydrogens (tertiary/aromatic N) is 2. The molecule has 2 heterocycles. The minimum Gasteiger partial charge on any atom is -0.372 e. The number of hydrogen-bond acceptors (Lipinski definition) is 5. The van der Waals surface area contributed by atoms with Crippen LogP contribution in [0.15, 0.2) is 65.0 Å². The van der Waals surface area contributed by atoms with Gasteiger partial charge in [0.15, 0.2) is 5.78 Å². The van der Waals surface area contributed by atoms with Crippen molar-refractivity contribution in [3.8, 4) is 0 Å². The third-order valence-corrected chi connectivity index (χ3v) is 6.97. The van der Waals surface area contributed by atoms with Crippen LogP contribution in [0.5, 0.6) is 0 Å². The first-order chi connectivity index (χ1) is 16.6. The maximum absolute atomic E-state index is 13.7. The molecule has 2 N–H and O–H groups in total. The van der Waals surface area contributed by atoms with Crippen LogP contribution in [0.4, 0.5) is 11.5 Å². The Morgan fingerprint density at radius 2 is 1.77 bits per heavy atom. The van der Waals surface area contributed by atoms with Crippen LogP contribution in [-0.4, -0.2) is 29.8 Å². The lowest BCUT2D eigenvalue weighted by Gasteiger charge is -2.39. The van der Waals surface area contributed by atoms with Gasteiger partial charge < -0.3 is 15.5 Å². The fraction of sp³-hybridized carbons (Fsp3) is 0.414. The molecule has 184 valence electrons. The molecule has 0 spiro atoms. The lowest BCUT2D eigenvalue weighted by Crippen LogP contribution is -2.39. The van der Waals surface area contributed by atoms with Crippen LogP contribution in [0.1, 0.15) is 64.6 Å². The number of benzene rings is 1. The second kappa shape index (κ2) is 9.68. The molecule has 1 amide bonds. The number of hydrogen-bond donors (Lipinski definition) is 2. The highest BCUT2D eigenvalue weighted by molar-refractivity contribution is 6.09. The van der Waals surface area contributed by atoms with Gasteiger partial charge in [-0.25, -0.2) is 4.98 Å². The minimum absolute atomic E-state index is 0.105. The van der Waals surface area contributed by atoms with Gasteiger partial charge in [0.05, 0.1) is 0 Å². The summed E-state index contributed by atoms with van der Waals surface area (Å²) < 4.78 is 0. The number of carbonyl (C=O) groups is 2. The number of rotatable bonds is 6. The second-order valence-corrected chi connectivity index (χ2v) is 10.3. The molecule has 1 atom stereocenters. The highest BCUT2D eigenvalue weighted by Gasteiger charge is 2.42. The van der Waals surface area contributed by atoms with Gasteiger partial charge in [0.2, 0.25) is 0 Å². The van der Waals surface area contributed by atoms with E-state index < -0.39 is 5.92 Å². The smallest absolute Gasteiger partial charge is 0.255 e. The molecule has 2 aliphatic rings. The molecule has 0 saturated heterocycles. The largest absolute Gasteiger partial charge is 0.372 e. The van der Waals surface area contributed by atoms with Gasteiger partial charge in [0.1, 0.15) is 5.82 Å². The Labute approximate surface area is 208 Å². The molecule has 2 aromatic rings. The molecule has 35 heavy (non-hydrogen) atoms. The number of nitrogens with one attached hydrogen (secondary N) is 2. The number of carbonyl (C=O) groups excluding carboxylic acids is 2. The average Bonchev–Trinajstić information content (AvgIpc) is 2.78. The van der Waals surface area contributed by atoms with Gasteiger partial charge in [-0.3, -0.25) is 9.59 Å². The lowest BCUT2D eigenvalue weighted by atomic mass is 9.68. The van der Waals surface area contributed by atoms with Crippen molar-refractivity contribution in [2.24, 2.45) is 5.41 Å². The highest BCUT2D eigenvalue weighted by Crippen LogP contribution is 2.46. The number of aryl methyl sites for hydroxylation is 1. The summed E-state index contributed by atoms with van der Waals surface area (Å²) in [4.78, 5) is 33.9. The molecule has 0 bridgehead atoms. The van der Waals surface area contributed by atoms with E-state index in [1.165, 1.54) is 0 Å². The van der Waals surface area contributed by atoms with Gasteiger partial charge in [-0.15, -0.1) is 0 Å². The first-order valence-electron chi connectivity index (χ1n) is 12.5. The van der Waals surface area contributed by atoms with Crippen molar-refractivity contribution in [2.45, 2.75) is 60.3 Å². The molecule has 1 aliphatic carbocycles. The molecule has 6 nitrogen and oxygen atoms in total. The van der Waals surface area contributed by atoms with Gasteiger partial charge in [0, 0.05) is 59.3 Å². The predicted molar refractivity (Wildman–Crippen MR) is 141 cm³/mol. The van der Waals surface area contributed by atoms with Gasteiger partial charge in [-0.05, 0) is 69.4 Å². The third kappa shape index (κ3) is 5.02. The van der Waals surface area contributed by atoms with Crippen molar-refractivity contribution < 1.29 is 9.59 Å². The minimum atomic E-state index is -0.426. The van der Waals surface area contributed by atoms with E-state index in [1.807, 2.05) is 26.0 Å². The Morgan fingerprint density at radius 3 is 2.40 bits per heavy atom. The molecule has 4 rings (SSSR count). The van der Waals surface area contributed by atoms with Crippen LogP contribution >= 0.6 is 0 Å². The summed E-state index contributed by atoms with van der Waals surface area (Å²) in [5.74, 6) is -0.0598. The van der Waals surface area contributed by atoms with E-state index in [0.29, 0.717) is 23.4 Å². The molecule has 0 radical (unpaired) electrons. The summed E-state index contributed by atoms with van der Waals surface area (Å²) >= 11 is 0. The summed E-state index contributed by atoms with van der Waals surface area (Å²) in [7, 11) is 0. The van der Waals surface area contributed by atoms with Crippen LogP contribution in [0, 0.1) is 12.3 Å². The van der Waals surface area contributed by atoms with Crippen LogP contribution < -0.4 is 15.5 Å². The fourth-order valence-corrected chi connectivity index (χ4v) is 5.33. The fourth-order valence-electron chi connectivity index (χ4n) is 5.33. The number of ketones is 1. The van der Waals surface area contributed by atoms with E-state index in [0.717, 1.165) is 47.8 Å². The van der Waals surface area contributed by atoms with E-state index in [1.54, 1.807) is 6.07 Å². The Kier molecular flexibility index (Phi) is 6.84. The number of aromatic nitrogens is 1. The molecule has 1 aromatic heterocycles. The van der Waals surface area contributed by atoms with E-state index in [2.05, 4.69) is 72.5 Å². The summed E-state index contributed by atoms with van der Waals surface area (Å²) in [5, 5.41) is 6.40. The summed E-state index contributed by atoms with van der Waals surface area (Å²) in [6.07, 6.45) is 1.24. The number of Topliss-reactive ketones (excluding diaryl/α,β-unsaturated/α-hetero) is 1. The van der Waals surface area contributed by atoms with Gasteiger partial charge >= 0.3 is 0 Å². The summed E-state index contributed by atoms with van der Waals surface area (Å²) in [6, 6.07) is 13.9. The van der Waals surface area contributed by atoms with Crippen molar-refractivity contribution in [3.63, 3.8) is 0 Å². The number of allylic oxidation sites excluding steroid dienone is 3. The lowest BCUT2D eigenvalue weighted by molar-refractivity contribution is -0.118. The van der Waals surface area contributed by atoms with Crippen molar-refractivity contribution >= 4 is 23.2 Å². The predicted octanol–water partition coefficient (Wildman–Crippen LogP) is 5.48. The second-order valence-electron chi connectivity index (χ2n) is 10.3. The van der Waals surface area contributed by atoms with E-state index in [9.17, 15) is 9.59 Å². The zero-order chi connectivity index (χ0) is 25.3. The van der Waals surface area contributed by atoms with Crippen molar-refractivity contribution in [3.05, 3.63) is 76.3 Å². The van der Waals surface area contributed by atoms with Crippen LogP contribution in [0.25, 0.3) is 0 Å². The molecule has 1 aliphatic heterocycles. The first kappa shape index (κ1) is 24.7. The number of amides is 1. The maximum atomic E-state index is 13.7. The third-order valence-electron chi connectivity index (χ3n) is 6.97. The zero-order valence-electron chi connectivity index (χ0n) is 21.7. The van der Waals surface area contributed by atoms with Crippen molar-refractivity contribution in [2.75, 3.05) is 23.3 Å². The Hall–Kier alpha value is -3.41. The Morgan fingerprint density at radius 1 is 1.09 bits per heavy atom. The topological polar surface area (TPSA) is 74.3 Å². The van der Waals surface area contributed by atoms with Gasteiger partial charge in [0.25, 0.3) is 5.91 Å². The average molecular weight is 473 g/mol. The molecule has 0 unspecified atom stereocenters. The number of dihydropyridines is 1. The van der Waals surface area contributed by atoms with E-state index in [-0.39, 0.29) is 17.1 Å². The van der Waals surface area contributed by atoms with Crippen LogP contribution in [-0.2, 0) is 9.59 Å². The molecule has 6 heteroatoms. The summed E-state index contributed by atoms with van der Waals surface area (Å²) in [5.41, 5.74) is 5.78. The standard InChI is InChI=1S/C29H36N4O2/c1-7-33(8-2)21-14-12-20(13-15-21)26-25(28(35)32-24-11-9-10-18(3)30-24)19(4)31-22-16-29(5,6)17-23(34)27(22)26/h9-15,26,31H,7-8,16-17H2,1-6H3,(H,30,32,35)/t26-/m0/s1. The first-order valence-corrected chi connectivity index (χ1v) is 12.5. The number of anilines is 2. The quantitative estimate of drug-likeness (QED) is 0.582. The van der Waals surface area contributed by atoms with Crippen LogP contribution in [0.3, 0.4) is 0 Å². The number of pyridine rings is 1. The molecule has 0 fully saturated rings. The SMILES string of the molecule is CCN(CC)c1ccc([C@H]2C(C(=O)Nc3cccc(C)n3)=C(C)NC3=C2C(=O)CC(C)(C)C3)cc1. The van der Waals surface area contributed by atoms with Crippen molar-refractivity contribution in [1.82, 2.24) is 10.3 Å². The monoisotopic (exact) mass is 472 g/mol. The van der Waals surface area contributed by atoms with E-state index in [4.69, 9.17) is 0 Å². The molecule has 1 aromatic carbocycles. The van der Waals surface area contributed by atoms with Crippen molar-refractivity contribution in [1.29, 1.82) is 0 Å². The van der Waals surface area contributed by atoms with Gasteiger partial charge in [-0.1, -0.05) is 32.0 Å². The normalized spacial score (nSPS) is 19.3. The molecular formula is C29H36N4O2. The molecule has 0 saturated carbocycles. The van der Waals surface area contributed by atoms with E-state index >= 15 is 0 Å². The highest BCUT2D eigenvalue weighted by atomic mass is 16.2. The maximum Gasteiger partial charge on any atom is 0.255 e. The zero-order valence-corrected chi connectivity index (χ0v) is 21.7. The van der Waals surface area contributed by atoms with Crippen LogP contribution in [0.2, 0.25) is 0 Å².